The molecule has 0 saturated carbocycles. The largest absolute Gasteiger partial charge is 0.484 e. The summed E-state index contributed by atoms with van der Waals surface area (Å²) in [6.07, 6.45) is 4.86. The van der Waals surface area contributed by atoms with Gasteiger partial charge in [0.15, 0.2) is 11.5 Å². The Hall–Kier alpha value is -2.96. The van der Waals surface area contributed by atoms with Crippen molar-refractivity contribution in [2.45, 2.75) is 6.61 Å². The van der Waals surface area contributed by atoms with Crippen LogP contribution in [0, 0.1) is 0 Å². The number of methoxy groups -OCH3 is 1. The topological polar surface area (TPSA) is 78.6 Å². The van der Waals surface area contributed by atoms with E-state index in [0.717, 1.165) is 0 Å². The molecule has 106 valence electrons. The van der Waals surface area contributed by atoms with E-state index in [-0.39, 0.29) is 6.61 Å². The van der Waals surface area contributed by atoms with Crippen molar-refractivity contribution in [3.8, 4) is 5.75 Å². The Morgan fingerprint density at radius 2 is 2.24 bits per heavy atom. The third-order valence-corrected chi connectivity index (χ3v) is 2.80. The van der Waals surface area contributed by atoms with E-state index in [2.05, 4.69) is 19.8 Å². The molecule has 0 saturated heterocycles. The molecule has 0 spiro atoms. The molecule has 0 N–H and O–H groups in total. The zero-order valence-electron chi connectivity index (χ0n) is 11.3. The van der Waals surface area contributed by atoms with Gasteiger partial charge in [0.05, 0.1) is 18.9 Å². The molecule has 3 aromatic rings. The quantitative estimate of drug-likeness (QED) is 0.675. The Morgan fingerprint density at radius 1 is 1.33 bits per heavy atom. The molecule has 0 aliphatic heterocycles. The van der Waals surface area contributed by atoms with Crippen molar-refractivity contribution < 1.29 is 14.3 Å². The summed E-state index contributed by atoms with van der Waals surface area (Å²) in [6.45, 7) is 0.223. The van der Waals surface area contributed by atoms with Gasteiger partial charge in [0.1, 0.15) is 12.4 Å². The summed E-state index contributed by atoms with van der Waals surface area (Å²) in [4.78, 5) is 19.7. The van der Waals surface area contributed by atoms with Crippen LogP contribution in [-0.4, -0.2) is 32.7 Å². The first kappa shape index (κ1) is 13.0. The van der Waals surface area contributed by atoms with Crippen molar-refractivity contribution in [1.29, 1.82) is 0 Å². The number of hydrogen-bond donors (Lipinski definition) is 0. The highest BCUT2D eigenvalue weighted by atomic mass is 16.5. The van der Waals surface area contributed by atoms with Crippen LogP contribution < -0.4 is 4.74 Å². The molecular weight excluding hydrogens is 272 g/mol. The number of fused-ring (bicyclic) bond motifs is 1. The van der Waals surface area contributed by atoms with Crippen LogP contribution >= 0.6 is 0 Å². The molecule has 3 rings (SSSR count). The summed E-state index contributed by atoms with van der Waals surface area (Å²) >= 11 is 0. The van der Waals surface area contributed by atoms with E-state index in [4.69, 9.17) is 4.74 Å². The smallest absolute Gasteiger partial charge is 0.339 e. The number of hydrogen-bond acceptors (Lipinski definition) is 6. The fourth-order valence-corrected chi connectivity index (χ4v) is 1.81. The highest BCUT2D eigenvalue weighted by Crippen LogP contribution is 2.10. The van der Waals surface area contributed by atoms with Gasteiger partial charge in [-0.05, 0) is 24.3 Å². The van der Waals surface area contributed by atoms with Gasteiger partial charge in [0.25, 0.3) is 0 Å². The maximum Gasteiger partial charge on any atom is 0.339 e. The molecule has 3 heterocycles. The lowest BCUT2D eigenvalue weighted by molar-refractivity contribution is 0.0600. The predicted octanol–water partition coefficient (Wildman–Crippen LogP) is 1.49. The van der Waals surface area contributed by atoms with Gasteiger partial charge in [-0.2, -0.15) is 0 Å². The second-order valence-corrected chi connectivity index (χ2v) is 4.22. The maximum absolute atomic E-state index is 11.5. The number of pyridine rings is 2. The van der Waals surface area contributed by atoms with Crippen LogP contribution in [-0.2, 0) is 11.3 Å². The summed E-state index contributed by atoms with van der Waals surface area (Å²) < 4.78 is 11.7. The van der Waals surface area contributed by atoms with Crippen LogP contribution in [0.4, 0.5) is 0 Å². The minimum absolute atomic E-state index is 0.223. The summed E-state index contributed by atoms with van der Waals surface area (Å²) in [6, 6.07) is 6.93. The number of ether oxygens (including phenoxy) is 2. The van der Waals surface area contributed by atoms with Crippen molar-refractivity contribution in [3.05, 3.63) is 54.2 Å². The molecule has 0 amide bonds. The molecule has 0 aliphatic carbocycles. The van der Waals surface area contributed by atoms with Crippen LogP contribution in [0.25, 0.3) is 5.65 Å². The average molecular weight is 284 g/mol. The fraction of sp³-hybridized carbons (Fsp3) is 0.143. The zero-order valence-corrected chi connectivity index (χ0v) is 11.3. The third-order valence-electron chi connectivity index (χ3n) is 2.80. The molecule has 0 radical (unpaired) electrons. The SMILES string of the molecule is COC(=O)c1ccc2nc(COc3cccnc3)nn2c1. The Labute approximate surface area is 120 Å². The van der Waals surface area contributed by atoms with Gasteiger partial charge >= 0.3 is 5.97 Å². The van der Waals surface area contributed by atoms with Crippen molar-refractivity contribution in [1.82, 2.24) is 19.6 Å². The second-order valence-electron chi connectivity index (χ2n) is 4.22. The van der Waals surface area contributed by atoms with E-state index < -0.39 is 5.97 Å². The Balaban J connectivity index is 1.79. The van der Waals surface area contributed by atoms with E-state index in [0.29, 0.717) is 22.8 Å². The number of nitrogens with zero attached hydrogens (tertiary/aromatic N) is 4. The zero-order chi connectivity index (χ0) is 14.7. The minimum atomic E-state index is -0.416. The van der Waals surface area contributed by atoms with Gasteiger partial charge in [-0.1, -0.05) is 0 Å². The van der Waals surface area contributed by atoms with Gasteiger partial charge in [-0.25, -0.2) is 14.3 Å². The van der Waals surface area contributed by atoms with Crippen LogP contribution in [0.3, 0.4) is 0 Å². The van der Waals surface area contributed by atoms with E-state index in [1.54, 1.807) is 42.9 Å². The first-order valence-electron chi connectivity index (χ1n) is 6.23. The Bertz CT molecular complexity index is 770. The lowest BCUT2D eigenvalue weighted by atomic mass is 10.3. The predicted molar refractivity (Wildman–Crippen MR) is 72.9 cm³/mol. The molecule has 0 unspecified atom stereocenters. The van der Waals surface area contributed by atoms with Crippen molar-refractivity contribution in [2.75, 3.05) is 7.11 Å². The van der Waals surface area contributed by atoms with Crippen molar-refractivity contribution in [2.24, 2.45) is 0 Å². The van der Waals surface area contributed by atoms with Crippen LogP contribution in [0.2, 0.25) is 0 Å². The Kier molecular flexibility index (Phi) is 3.46. The van der Waals surface area contributed by atoms with Gasteiger partial charge in [-0.3, -0.25) is 4.98 Å². The first-order valence-corrected chi connectivity index (χ1v) is 6.23. The molecule has 21 heavy (non-hydrogen) atoms. The second kappa shape index (κ2) is 5.58. The van der Waals surface area contributed by atoms with E-state index >= 15 is 0 Å². The van der Waals surface area contributed by atoms with E-state index in [9.17, 15) is 4.79 Å². The molecule has 3 aromatic heterocycles. The number of aromatic nitrogens is 4. The van der Waals surface area contributed by atoms with Gasteiger partial charge < -0.3 is 9.47 Å². The third kappa shape index (κ3) is 2.81. The van der Waals surface area contributed by atoms with Gasteiger partial charge in [-0.15, -0.1) is 5.10 Å². The molecule has 0 atom stereocenters. The molecule has 0 aromatic carbocycles. The van der Waals surface area contributed by atoms with Crippen LogP contribution in [0.5, 0.6) is 5.75 Å². The lowest BCUT2D eigenvalue weighted by Crippen LogP contribution is -2.03. The number of carbonyl (C=O) groups is 1. The van der Waals surface area contributed by atoms with Gasteiger partial charge in [0, 0.05) is 12.4 Å². The molecule has 0 fully saturated rings. The first-order chi connectivity index (χ1) is 10.3. The minimum Gasteiger partial charge on any atom is -0.484 e. The summed E-state index contributed by atoms with van der Waals surface area (Å²) in [5.74, 6) is 0.744. The standard InChI is InChI=1S/C14H12N4O3/c1-20-14(19)10-4-5-13-16-12(17-18(13)8-10)9-21-11-3-2-6-15-7-11/h2-8H,9H2,1H3. The highest BCUT2D eigenvalue weighted by Gasteiger charge is 2.09. The fourth-order valence-electron chi connectivity index (χ4n) is 1.81. The summed E-state index contributed by atoms with van der Waals surface area (Å²) in [7, 11) is 1.33. The normalized spacial score (nSPS) is 10.5. The molecule has 7 nitrogen and oxygen atoms in total. The summed E-state index contributed by atoms with van der Waals surface area (Å²) in [5.41, 5.74) is 1.04. The Morgan fingerprint density at radius 3 is 3.00 bits per heavy atom. The molecular formula is C14H12N4O3. The monoisotopic (exact) mass is 284 g/mol. The van der Waals surface area contributed by atoms with E-state index in [1.807, 2.05) is 0 Å². The molecule has 0 aliphatic rings. The van der Waals surface area contributed by atoms with Crippen molar-refractivity contribution in [3.63, 3.8) is 0 Å². The molecule has 7 heteroatoms. The number of carbonyl (C=O) groups excluding carboxylic acids is 1. The average Bonchev–Trinajstić information content (AvgIpc) is 2.95. The maximum atomic E-state index is 11.5. The molecule has 0 bridgehead atoms. The number of rotatable bonds is 4. The highest BCUT2D eigenvalue weighted by molar-refractivity contribution is 5.89. The van der Waals surface area contributed by atoms with E-state index in [1.165, 1.54) is 11.6 Å². The van der Waals surface area contributed by atoms with Crippen LogP contribution in [0.1, 0.15) is 16.2 Å². The van der Waals surface area contributed by atoms with Crippen LogP contribution in [0.15, 0.2) is 42.9 Å². The van der Waals surface area contributed by atoms with Gasteiger partial charge in [0.2, 0.25) is 0 Å². The lowest BCUT2D eigenvalue weighted by Gasteiger charge is -2.01. The summed E-state index contributed by atoms with van der Waals surface area (Å²) in [5, 5.41) is 4.26. The number of esters is 1. The van der Waals surface area contributed by atoms with Crippen molar-refractivity contribution >= 4 is 11.6 Å².